The molecule has 300 valence electrons. The highest BCUT2D eigenvalue weighted by molar-refractivity contribution is 7.81. The molecule has 18 heteroatoms. The molecule has 3 aliphatic heterocycles. The van der Waals surface area contributed by atoms with Gasteiger partial charge in [-0.2, -0.15) is 18.4 Å². The van der Waals surface area contributed by atoms with Crippen LogP contribution in [0.25, 0.3) is 0 Å². The Hall–Kier alpha value is -5.28. The topological polar surface area (TPSA) is 150 Å². The number of halogens is 4. The number of nitrogens with zero attached hydrogens (tertiary/aromatic N) is 5. The number of imide groups is 1. The number of hydrogen-bond acceptors (Lipinski definition) is 10. The zero-order valence-corrected chi connectivity index (χ0v) is 32.9. The number of piperazine rings is 1. The Balaban J connectivity index is 0.991. The van der Waals surface area contributed by atoms with Crippen molar-refractivity contribution in [2.75, 3.05) is 59.8 Å². The smallest absolute Gasteiger partial charge is 0.417 e. The van der Waals surface area contributed by atoms with Gasteiger partial charge in [-0.05, 0) is 94.0 Å². The minimum absolute atomic E-state index is 0.0490. The van der Waals surface area contributed by atoms with Gasteiger partial charge in [-0.1, -0.05) is 17.7 Å². The molecule has 6 rings (SSSR count). The maximum atomic E-state index is 13.7. The highest BCUT2D eigenvalue weighted by Gasteiger charge is 2.51. The predicted molar refractivity (Wildman–Crippen MR) is 212 cm³/mol. The van der Waals surface area contributed by atoms with E-state index in [9.17, 15) is 37.6 Å². The maximum absolute atomic E-state index is 13.7. The number of carbonyl (C=O) groups is 4. The molecule has 3 aromatic carbocycles. The quantitative estimate of drug-likeness (QED) is 0.169. The third kappa shape index (κ3) is 8.99. The number of ether oxygens (including phenoxy) is 1. The molecule has 3 aliphatic rings. The van der Waals surface area contributed by atoms with E-state index in [0.29, 0.717) is 68.6 Å². The summed E-state index contributed by atoms with van der Waals surface area (Å²) >= 11 is 12.3. The van der Waals surface area contributed by atoms with Crippen LogP contribution in [0.5, 0.6) is 5.75 Å². The van der Waals surface area contributed by atoms with Gasteiger partial charge in [0.05, 0.1) is 33.9 Å². The summed E-state index contributed by atoms with van der Waals surface area (Å²) in [5.41, 5.74) is -1.45. The minimum atomic E-state index is -4.81. The van der Waals surface area contributed by atoms with Crippen LogP contribution >= 0.6 is 23.8 Å². The first-order valence-electron chi connectivity index (χ1n) is 18.2. The number of benzene rings is 3. The van der Waals surface area contributed by atoms with Crippen molar-refractivity contribution < 1.29 is 37.1 Å². The van der Waals surface area contributed by atoms with Gasteiger partial charge in [0.1, 0.15) is 23.9 Å². The highest BCUT2D eigenvalue weighted by atomic mass is 35.5. The number of thiocarbonyl (C=S) groups is 1. The molecule has 0 aliphatic carbocycles. The SMILES string of the molecule is CC(C(=O)Nc1cccc(NC2CCC(=O)NC2=O)c1)N1CCN(CCOc2ccc(N3C(=S)N(c4ccc(C#N)c(C(F)(F)F)c4)C(=O)C3(C)C)cc2Cl)CC1. The van der Waals surface area contributed by atoms with Crippen LogP contribution in [-0.2, 0) is 25.4 Å². The molecule has 0 radical (unpaired) electrons. The number of nitrogens with one attached hydrogen (secondary N) is 3. The number of amides is 4. The Morgan fingerprint density at radius 1 is 1.05 bits per heavy atom. The Bertz CT molecular complexity index is 2140. The number of hydrogen-bond donors (Lipinski definition) is 3. The summed E-state index contributed by atoms with van der Waals surface area (Å²) in [6, 6.07) is 15.6. The zero-order valence-electron chi connectivity index (χ0n) is 31.3. The molecule has 4 amide bonds. The van der Waals surface area contributed by atoms with Crippen molar-refractivity contribution in [3.63, 3.8) is 0 Å². The van der Waals surface area contributed by atoms with Crippen LogP contribution in [0.3, 0.4) is 0 Å². The van der Waals surface area contributed by atoms with Gasteiger partial charge in [-0.3, -0.25) is 39.2 Å². The first-order chi connectivity index (χ1) is 27.0. The zero-order chi connectivity index (χ0) is 41.2. The molecule has 3 aromatic rings. The maximum Gasteiger partial charge on any atom is 0.417 e. The molecule has 3 fully saturated rings. The van der Waals surface area contributed by atoms with Gasteiger partial charge in [-0.15, -0.1) is 0 Å². The molecular formula is C39H40ClF3N8O5S. The van der Waals surface area contributed by atoms with Crippen LogP contribution in [-0.4, -0.2) is 95.5 Å². The third-order valence-corrected chi connectivity index (χ3v) is 10.9. The Kier molecular flexibility index (Phi) is 12.1. The van der Waals surface area contributed by atoms with E-state index in [1.54, 1.807) is 56.3 Å². The van der Waals surface area contributed by atoms with Crippen molar-refractivity contribution in [3.8, 4) is 11.8 Å². The van der Waals surface area contributed by atoms with Crippen molar-refractivity contribution in [2.24, 2.45) is 0 Å². The molecule has 3 N–H and O–H groups in total. The van der Waals surface area contributed by atoms with E-state index >= 15 is 0 Å². The van der Waals surface area contributed by atoms with Crippen molar-refractivity contribution in [2.45, 2.75) is 57.4 Å². The van der Waals surface area contributed by atoms with Crippen molar-refractivity contribution >= 4 is 75.3 Å². The van der Waals surface area contributed by atoms with Crippen LogP contribution in [0.2, 0.25) is 5.02 Å². The lowest BCUT2D eigenvalue weighted by molar-refractivity contribution is -0.138. The van der Waals surface area contributed by atoms with Gasteiger partial charge >= 0.3 is 6.18 Å². The molecule has 2 unspecified atom stereocenters. The van der Waals surface area contributed by atoms with E-state index in [-0.39, 0.29) is 40.0 Å². The Morgan fingerprint density at radius 3 is 2.42 bits per heavy atom. The highest BCUT2D eigenvalue weighted by Crippen LogP contribution is 2.41. The van der Waals surface area contributed by atoms with Gasteiger partial charge in [0.2, 0.25) is 17.7 Å². The number of alkyl halides is 3. The number of nitriles is 1. The standard InChI is InChI=1S/C39H40ClF3N8O5S/c1-23(34(53)46-26-6-4-5-25(19-26)45-31-10-12-33(52)47-35(31)54)49-15-13-48(14-16-49)17-18-56-32-11-9-28(21-30(32)40)51-37(57)50(36(55)38(51,2)3)27-8-7-24(22-44)29(20-27)39(41,42)43/h4-9,11,19-21,23,31,45H,10,12-18H2,1-3H3,(H,46,53)(H,47,52,54). The van der Waals surface area contributed by atoms with E-state index < -0.39 is 40.8 Å². The minimum Gasteiger partial charge on any atom is -0.491 e. The molecule has 0 spiro atoms. The lowest BCUT2D eigenvalue weighted by Crippen LogP contribution is -2.53. The number of piperidine rings is 1. The molecule has 0 bridgehead atoms. The summed E-state index contributed by atoms with van der Waals surface area (Å²) in [5.74, 6) is -0.985. The van der Waals surface area contributed by atoms with Crippen LogP contribution in [0.4, 0.5) is 35.9 Å². The Labute approximate surface area is 337 Å². The van der Waals surface area contributed by atoms with E-state index in [2.05, 4.69) is 25.8 Å². The summed E-state index contributed by atoms with van der Waals surface area (Å²) < 4.78 is 47.2. The summed E-state index contributed by atoms with van der Waals surface area (Å²) in [6.07, 6.45) is -4.17. The molecule has 0 saturated carbocycles. The lowest BCUT2D eigenvalue weighted by atomic mass is 10.0. The van der Waals surface area contributed by atoms with Crippen LogP contribution in [0.1, 0.15) is 44.7 Å². The van der Waals surface area contributed by atoms with E-state index in [4.69, 9.17) is 28.6 Å². The van der Waals surface area contributed by atoms with Crippen molar-refractivity contribution in [1.29, 1.82) is 5.26 Å². The van der Waals surface area contributed by atoms with Gasteiger partial charge in [0.15, 0.2) is 5.11 Å². The van der Waals surface area contributed by atoms with Crippen LogP contribution in [0, 0.1) is 11.3 Å². The number of anilines is 4. The molecular weight excluding hydrogens is 785 g/mol. The van der Waals surface area contributed by atoms with Crippen LogP contribution < -0.4 is 30.5 Å². The first kappa shape index (κ1) is 41.4. The van der Waals surface area contributed by atoms with Crippen LogP contribution in [0.15, 0.2) is 60.7 Å². The number of rotatable bonds is 11. The summed E-state index contributed by atoms with van der Waals surface area (Å²) in [7, 11) is 0. The fourth-order valence-corrected chi connectivity index (χ4v) is 7.75. The van der Waals surface area contributed by atoms with Gasteiger partial charge in [0, 0.05) is 56.2 Å². The summed E-state index contributed by atoms with van der Waals surface area (Å²) in [6.45, 7) is 8.69. The average Bonchev–Trinajstić information content (AvgIpc) is 3.34. The molecule has 3 saturated heterocycles. The molecule has 2 atom stereocenters. The van der Waals surface area contributed by atoms with Gasteiger partial charge in [0.25, 0.3) is 5.91 Å². The fourth-order valence-electron chi connectivity index (χ4n) is 7.00. The second-order valence-corrected chi connectivity index (χ2v) is 15.2. The molecule has 57 heavy (non-hydrogen) atoms. The lowest BCUT2D eigenvalue weighted by Gasteiger charge is -2.37. The second-order valence-electron chi connectivity index (χ2n) is 14.4. The molecule has 0 aromatic heterocycles. The first-order valence-corrected chi connectivity index (χ1v) is 19.0. The predicted octanol–water partition coefficient (Wildman–Crippen LogP) is 5.39. The average molecular weight is 825 g/mol. The Morgan fingerprint density at radius 2 is 1.75 bits per heavy atom. The third-order valence-electron chi connectivity index (χ3n) is 10.2. The van der Waals surface area contributed by atoms with E-state index in [1.807, 2.05) is 6.92 Å². The number of carbonyl (C=O) groups excluding carboxylic acids is 4. The van der Waals surface area contributed by atoms with Crippen molar-refractivity contribution in [1.82, 2.24) is 15.1 Å². The molecule has 3 heterocycles. The van der Waals surface area contributed by atoms with Crippen molar-refractivity contribution in [3.05, 3.63) is 76.8 Å². The normalized spacial score (nSPS) is 19.6. The second kappa shape index (κ2) is 16.7. The van der Waals surface area contributed by atoms with Gasteiger partial charge < -0.3 is 20.3 Å². The molecule has 13 nitrogen and oxygen atoms in total. The monoisotopic (exact) mass is 824 g/mol. The summed E-state index contributed by atoms with van der Waals surface area (Å²) in [4.78, 5) is 57.2. The summed E-state index contributed by atoms with van der Waals surface area (Å²) in [5, 5.41) is 17.8. The fraction of sp³-hybridized carbons (Fsp3) is 0.385. The van der Waals surface area contributed by atoms with E-state index in [1.165, 1.54) is 17.0 Å². The van der Waals surface area contributed by atoms with Gasteiger partial charge in [-0.25, -0.2) is 0 Å². The van der Waals surface area contributed by atoms with E-state index in [0.717, 1.165) is 17.0 Å². The largest absolute Gasteiger partial charge is 0.491 e.